The molecule has 3 rings (SSSR count). The summed E-state index contributed by atoms with van der Waals surface area (Å²) in [6.45, 7) is 0.293. The van der Waals surface area contributed by atoms with Crippen LogP contribution in [0.1, 0.15) is 16.8 Å². The molecule has 0 spiro atoms. The minimum atomic E-state index is -4.19. The third-order valence-electron chi connectivity index (χ3n) is 5.28. The van der Waals surface area contributed by atoms with E-state index in [0.29, 0.717) is 19.6 Å². The molecule has 3 aromatic carbocycles. The molecule has 0 aromatic heterocycles. The van der Waals surface area contributed by atoms with Crippen molar-refractivity contribution in [2.24, 2.45) is 0 Å². The Morgan fingerprint density at radius 2 is 1.68 bits per heavy atom. The number of carbonyl (C=O) groups excluding carboxylic acids is 2. The fourth-order valence-electron chi connectivity index (χ4n) is 3.50. The zero-order valence-electron chi connectivity index (χ0n) is 20.4. The van der Waals surface area contributed by atoms with E-state index in [9.17, 15) is 18.0 Å². The number of nitrogens with zero attached hydrogens (tertiary/aromatic N) is 1. The van der Waals surface area contributed by atoms with Crippen LogP contribution in [0.2, 0.25) is 5.02 Å². The number of rotatable bonds is 12. The molecule has 0 atom stereocenters. The van der Waals surface area contributed by atoms with Crippen molar-refractivity contribution in [2.75, 3.05) is 43.5 Å². The first-order chi connectivity index (χ1) is 17.8. The molecular formula is C26H28ClN3O6S. The first kappa shape index (κ1) is 28.0. The van der Waals surface area contributed by atoms with Crippen molar-refractivity contribution in [3.8, 4) is 5.75 Å². The Kier molecular flexibility index (Phi) is 9.90. The van der Waals surface area contributed by atoms with Gasteiger partial charge in [0.15, 0.2) is 0 Å². The number of amides is 2. The second-order valence-corrected chi connectivity index (χ2v) is 10.1. The maximum atomic E-state index is 13.6. The summed E-state index contributed by atoms with van der Waals surface area (Å²) in [5.41, 5.74) is 0.580. The molecular weight excluding hydrogens is 518 g/mol. The van der Waals surface area contributed by atoms with Gasteiger partial charge in [0.1, 0.15) is 12.3 Å². The number of anilines is 2. The predicted octanol–water partition coefficient (Wildman–Crippen LogP) is 3.95. The molecule has 0 saturated heterocycles. The maximum absolute atomic E-state index is 13.6. The smallest absolute Gasteiger partial charge is 0.264 e. The summed E-state index contributed by atoms with van der Waals surface area (Å²) >= 11 is 6.17. The monoisotopic (exact) mass is 545 g/mol. The first-order valence-electron chi connectivity index (χ1n) is 11.3. The molecule has 9 nitrogen and oxygen atoms in total. The van der Waals surface area contributed by atoms with Crippen molar-refractivity contribution in [1.29, 1.82) is 0 Å². The second kappa shape index (κ2) is 13.1. The minimum absolute atomic E-state index is 0.0133. The number of para-hydroxylation sites is 1. The third-order valence-corrected chi connectivity index (χ3v) is 7.29. The van der Waals surface area contributed by atoms with Crippen LogP contribution in [-0.4, -0.2) is 54.1 Å². The number of carbonyl (C=O) groups is 2. The summed E-state index contributed by atoms with van der Waals surface area (Å²) in [6.07, 6.45) is 0.630. The molecule has 0 heterocycles. The zero-order valence-corrected chi connectivity index (χ0v) is 22.0. The topological polar surface area (TPSA) is 114 Å². The van der Waals surface area contributed by atoms with Crippen molar-refractivity contribution in [3.63, 3.8) is 0 Å². The van der Waals surface area contributed by atoms with E-state index < -0.39 is 22.5 Å². The Labute approximate surface area is 221 Å². The average Bonchev–Trinajstić information content (AvgIpc) is 2.90. The Bertz CT molecular complexity index is 1340. The molecule has 2 N–H and O–H groups in total. The molecule has 2 amide bonds. The van der Waals surface area contributed by atoms with E-state index >= 15 is 0 Å². The summed E-state index contributed by atoms with van der Waals surface area (Å²) in [4.78, 5) is 25.9. The van der Waals surface area contributed by atoms with Crippen molar-refractivity contribution in [2.45, 2.75) is 11.3 Å². The summed E-state index contributed by atoms with van der Waals surface area (Å²) in [7, 11) is -1.23. The second-order valence-electron chi connectivity index (χ2n) is 7.84. The Balaban J connectivity index is 1.91. The minimum Gasteiger partial charge on any atom is -0.495 e. The maximum Gasteiger partial charge on any atom is 0.264 e. The normalized spacial score (nSPS) is 11.0. The lowest BCUT2D eigenvalue weighted by Gasteiger charge is -2.26. The quantitative estimate of drug-likeness (QED) is 0.333. The summed E-state index contributed by atoms with van der Waals surface area (Å²) in [6, 6.07) is 18.7. The summed E-state index contributed by atoms with van der Waals surface area (Å²) in [5, 5.41) is 5.70. The molecule has 37 heavy (non-hydrogen) atoms. The third kappa shape index (κ3) is 7.22. The van der Waals surface area contributed by atoms with Gasteiger partial charge in [0.05, 0.1) is 28.9 Å². The standard InChI is InChI=1S/C26H28ClN3O6S/c1-35-16-8-15-28-26(32)21-11-6-7-12-22(21)29-25(31)18-30(23-17-19(27)13-14-24(23)36-2)37(33,34)20-9-4-3-5-10-20/h3-7,9-14,17H,8,15-16,18H2,1-2H3,(H,28,32)(H,29,31). The molecule has 0 radical (unpaired) electrons. The van der Waals surface area contributed by atoms with Crippen molar-refractivity contribution in [3.05, 3.63) is 83.4 Å². The average molecular weight is 546 g/mol. The number of hydrogen-bond donors (Lipinski definition) is 2. The molecule has 11 heteroatoms. The van der Waals surface area contributed by atoms with E-state index in [1.165, 1.54) is 31.4 Å². The lowest BCUT2D eigenvalue weighted by Crippen LogP contribution is -2.38. The lowest BCUT2D eigenvalue weighted by molar-refractivity contribution is -0.114. The number of halogens is 1. The van der Waals surface area contributed by atoms with Gasteiger partial charge in [-0.25, -0.2) is 8.42 Å². The van der Waals surface area contributed by atoms with Gasteiger partial charge in [-0.05, 0) is 48.9 Å². The van der Waals surface area contributed by atoms with Crippen LogP contribution in [0.25, 0.3) is 0 Å². The number of methoxy groups -OCH3 is 2. The van der Waals surface area contributed by atoms with Crippen LogP contribution in [0, 0.1) is 0 Å². The number of ether oxygens (including phenoxy) is 2. The van der Waals surface area contributed by atoms with Gasteiger partial charge in [0.2, 0.25) is 5.91 Å². The van der Waals surface area contributed by atoms with Crippen molar-refractivity contribution < 1.29 is 27.5 Å². The highest BCUT2D eigenvalue weighted by Gasteiger charge is 2.30. The van der Waals surface area contributed by atoms with E-state index in [1.54, 1.807) is 55.6 Å². The van der Waals surface area contributed by atoms with E-state index in [4.69, 9.17) is 21.1 Å². The number of sulfonamides is 1. The molecule has 0 aliphatic carbocycles. The molecule has 0 aliphatic heterocycles. The van der Waals surface area contributed by atoms with Crippen LogP contribution in [-0.2, 0) is 19.6 Å². The summed E-state index contributed by atoms with van der Waals surface area (Å²) < 4.78 is 38.5. The Morgan fingerprint density at radius 1 is 0.973 bits per heavy atom. The van der Waals surface area contributed by atoms with Gasteiger partial charge in [-0.2, -0.15) is 0 Å². The van der Waals surface area contributed by atoms with Crippen molar-refractivity contribution in [1.82, 2.24) is 5.32 Å². The molecule has 0 saturated carbocycles. The van der Waals surface area contributed by atoms with Crippen LogP contribution < -0.4 is 19.7 Å². The molecule has 0 unspecified atom stereocenters. The molecule has 0 bridgehead atoms. The van der Waals surface area contributed by atoms with E-state index in [0.717, 1.165) is 4.31 Å². The Hall–Kier alpha value is -3.60. The predicted molar refractivity (Wildman–Crippen MR) is 143 cm³/mol. The van der Waals surface area contributed by atoms with Gasteiger partial charge in [0, 0.05) is 25.3 Å². The van der Waals surface area contributed by atoms with E-state index in [-0.39, 0.29) is 38.5 Å². The highest BCUT2D eigenvalue weighted by Crippen LogP contribution is 2.34. The zero-order chi connectivity index (χ0) is 26.8. The van der Waals surface area contributed by atoms with Gasteiger partial charge in [0.25, 0.3) is 15.9 Å². The van der Waals surface area contributed by atoms with Gasteiger partial charge in [-0.15, -0.1) is 0 Å². The van der Waals surface area contributed by atoms with E-state index in [1.807, 2.05) is 0 Å². The van der Waals surface area contributed by atoms with Gasteiger partial charge >= 0.3 is 0 Å². The largest absolute Gasteiger partial charge is 0.495 e. The summed E-state index contributed by atoms with van der Waals surface area (Å²) in [5.74, 6) is -0.828. The number of benzene rings is 3. The fraction of sp³-hybridized carbons (Fsp3) is 0.231. The molecule has 3 aromatic rings. The van der Waals surface area contributed by atoms with Gasteiger partial charge in [-0.3, -0.25) is 13.9 Å². The van der Waals surface area contributed by atoms with Gasteiger partial charge < -0.3 is 20.1 Å². The first-order valence-corrected chi connectivity index (χ1v) is 13.2. The molecule has 0 fully saturated rings. The van der Waals surface area contributed by atoms with Crippen LogP contribution in [0.4, 0.5) is 11.4 Å². The van der Waals surface area contributed by atoms with Gasteiger partial charge in [-0.1, -0.05) is 41.9 Å². The van der Waals surface area contributed by atoms with Crippen LogP contribution in [0.3, 0.4) is 0 Å². The van der Waals surface area contributed by atoms with Crippen LogP contribution in [0.15, 0.2) is 77.7 Å². The Morgan fingerprint density at radius 3 is 2.38 bits per heavy atom. The number of hydrogen-bond acceptors (Lipinski definition) is 6. The molecule has 0 aliphatic rings. The SMILES string of the molecule is COCCCNC(=O)c1ccccc1NC(=O)CN(c1cc(Cl)ccc1OC)S(=O)(=O)c1ccccc1. The fourth-order valence-corrected chi connectivity index (χ4v) is 5.11. The molecule has 196 valence electrons. The van der Waals surface area contributed by atoms with E-state index in [2.05, 4.69) is 10.6 Å². The van der Waals surface area contributed by atoms with Crippen LogP contribution >= 0.6 is 11.6 Å². The number of nitrogens with one attached hydrogen (secondary N) is 2. The lowest BCUT2D eigenvalue weighted by atomic mass is 10.1. The highest BCUT2D eigenvalue weighted by molar-refractivity contribution is 7.92. The highest BCUT2D eigenvalue weighted by atomic mass is 35.5. The van der Waals surface area contributed by atoms with Crippen molar-refractivity contribution >= 4 is 44.8 Å². The van der Waals surface area contributed by atoms with Crippen LogP contribution in [0.5, 0.6) is 5.75 Å².